The SMILES string of the molecule is CCn1cc(S(=O)(=O)CC(=O)Nc2cc(C)on2)c2ccccc21. The Balaban J connectivity index is 1.89. The molecule has 0 saturated carbocycles. The van der Waals surface area contributed by atoms with Crippen LogP contribution in [0.25, 0.3) is 10.9 Å². The third kappa shape index (κ3) is 3.05. The highest BCUT2D eigenvalue weighted by Crippen LogP contribution is 2.26. The summed E-state index contributed by atoms with van der Waals surface area (Å²) in [5, 5.41) is 6.66. The molecular formula is C16H17N3O4S. The van der Waals surface area contributed by atoms with Crippen molar-refractivity contribution in [2.75, 3.05) is 11.1 Å². The molecule has 0 saturated heterocycles. The Morgan fingerprint density at radius 3 is 2.75 bits per heavy atom. The molecule has 7 nitrogen and oxygen atoms in total. The molecule has 0 spiro atoms. The van der Waals surface area contributed by atoms with Gasteiger partial charge in [-0.05, 0) is 19.9 Å². The average Bonchev–Trinajstić information content (AvgIpc) is 3.10. The van der Waals surface area contributed by atoms with Gasteiger partial charge in [-0.2, -0.15) is 0 Å². The standard InChI is InChI=1S/C16H17N3O4S/c1-3-19-9-14(12-6-4-5-7-13(12)19)24(21,22)10-16(20)17-15-8-11(2)23-18-15/h4-9H,3,10H2,1-2H3,(H,17,18,20). The maximum Gasteiger partial charge on any atom is 0.241 e. The molecule has 1 amide bonds. The number of para-hydroxylation sites is 1. The van der Waals surface area contributed by atoms with Crippen molar-refractivity contribution in [1.29, 1.82) is 0 Å². The lowest BCUT2D eigenvalue weighted by Gasteiger charge is -2.03. The summed E-state index contributed by atoms with van der Waals surface area (Å²) in [5.74, 6) is -0.587. The van der Waals surface area contributed by atoms with Crippen molar-refractivity contribution in [2.45, 2.75) is 25.3 Å². The minimum Gasteiger partial charge on any atom is -0.360 e. The largest absolute Gasteiger partial charge is 0.360 e. The highest BCUT2D eigenvalue weighted by molar-refractivity contribution is 7.92. The van der Waals surface area contributed by atoms with Crippen molar-refractivity contribution >= 4 is 32.5 Å². The van der Waals surface area contributed by atoms with E-state index in [1.54, 1.807) is 25.3 Å². The summed E-state index contributed by atoms with van der Waals surface area (Å²) in [6, 6.07) is 8.75. The van der Waals surface area contributed by atoms with Gasteiger partial charge in [-0.1, -0.05) is 23.4 Å². The fraction of sp³-hybridized carbons (Fsp3) is 0.250. The van der Waals surface area contributed by atoms with E-state index in [1.807, 2.05) is 23.6 Å². The second kappa shape index (κ2) is 6.12. The predicted molar refractivity (Wildman–Crippen MR) is 89.5 cm³/mol. The molecule has 126 valence electrons. The van der Waals surface area contributed by atoms with Gasteiger partial charge in [-0.3, -0.25) is 4.79 Å². The van der Waals surface area contributed by atoms with Crippen LogP contribution in [-0.2, 0) is 21.2 Å². The van der Waals surface area contributed by atoms with Gasteiger partial charge >= 0.3 is 0 Å². The van der Waals surface area contributed by atoms with Crippen molar-refractivity contribution < 1.29 is 17.7 Å². The Labute approximate surface area is 139 Å². The van der Waals surface area contributed by atoms with Crippen molar-refractivity contribution in [3.8, 4) is 0 Å². The number of nitrogens with zero attached hydrogens (tertiary/aromatic N) is 2. The zero-order valence-electron chi connectivity index (χ0n) is 13.3. The number of aromatic nitrogens is 2. The first-order valence-corrected chi connectivity index (χ1v) is 9.09. The van der Waals surface area contributed by atoms with Gasteiger partial charge in [0.1, 0.15) is 11.5 Å². The number of amides is 1. The second-order valence-electron chi connectivity index (χ2n) is 5.43. The maximum absolute atomic E-state index is 12.7. The van der Waals surface area contributed by atoms with Gasteiger partial charge in [-0.25, -0.2) is 8.42 Å². The number of nitrogens with one attached hydrogen (secondary N) is 1. The molecule has 1 N–H and O–H groups in total. The van der Waals surface area contributed by atoms with Crippen LogP contribution in [0.5, 0.6) is 0 Å². The first-order valence-electron chi connectivity index (χ1n) is 7.44. The fourth-order valence-electron chi connectivity index (χ4n) is 2.58. The number of benzene rings is 1. The van der Waals surface area contributed by atoms with E-state index in [0.29, 0.717) is 17.7 Å². The number of hydrogen-bond donors (Lipinski definition) is 1. The van der Waals surface area contributed by atoms with Crippen LogP contribution < -0.4 is 5.32 Å². The number of carbonyl (C=O) groups excluding carboxylic acids is 1. The van der Waals surface area contributed by atoms with Crippen LogP contribution in [0.2, 0.25) is 0 Å². The zero-order chi connectivity index (χ0) is 17.3. The summed E-state index contributed by atoms with van der Waals surface area (Å²) < 4.78 is 32.0. The van der Waals surface area contributed by atoms with Gasteiger partial charge in [-0.15, -0.1) is 0 Å². The molecule has 1 aromatic carbocycles. The number of hydrogen-bond acceptors (Lipinski definition) is 5. The predicted octanol–water partition coefficient (Wildman–Crippen LogP) is 2.37. The van der Waals surface area contributed by atoms with Crippen LogP contribution in [0.4, 0.5) is 5.82 Å². The van der Waals surface area contributed by atoms with Crippen LogP contribution >= 0.6 is 0 Å². The summed E-state index contributed by atoms with van der Waals surface area (Å²) in [6.45, 7) is 4.25. The maximum atomic E-state index is 12.7. The minimum atomic E-state index is -3.78. The molecular weight excluding hydrogens is 330 g/mol. The third-order valence-corrected chi connectivity index (χ3v) is 5.28. The van der Waals surface area contributed by atoms with E-state index in [1.165, 1.54) is 6.07 Å². The first-order chi connectivity index (χ1) is 11.4. The lowest BCUT2D eigenvalue weighted by Crippen LogP contribution is -2.23. The number of sulfone groups is 1. The lowest BCUT2D eigenvalue weighted by atomic mass is 10.2. The smallest absolute Gasteiger partial charge is 0.241 e. The molecule has 3 rings (SSSR count). The molecule has 0 atom stereocenters. The van der Waals surface area contributed by atoms with E-state index >= 15 is 0 Å². The molecule has 0 bridgehead atoms. The third-order valence-electron chi connectivity index (χ3n) is 3.64. The normalized spacial score (nSPS) is 11.8. The highest BCUT2D eigenvalue weighted by atomic mass is 32.2. The quantitative estimate of drug-likeness (QED) is 0.764. The minimum absolute atomic E-state index is 0.159. The van der Waals surface area contributed by atoms with E-state index in [2.05, 4.69) is 10.5 Å². The van der Waals surface area contributed by atoms with Gasteiger partial charge in [0.2, 0.25) is 5.91 Å². The summed E-state index contributed by atoms with van der Waals surface area (Å²) in [4.78, 5) is 12.2. The van der Waals surface area contributed by atoms with Crippen LogP contribution in [0.15, 0.2) is 45.9 Å². The van der Waals surface area contributed by atoms with E-state index < -0.39 is 21.5 Å². The fourth-order valence-corrected chi connectivity index (χ4v) is 3.95. The number of carbonyl (C=O) groups is 1. The Hall–Kier alpha value is -2.61. The van der Waals surface area contributed by atoms with Gasteiger partial charge in [0.05, 0.1) is 4.90 Å². The van der Waals surface area contributed by atoms with Gasteiger partial charge < -0.3 is 14.4 Å². The monoisotopic (exact) mass is 347 g/mol. The molecule has 0 radical (unpaired) electrons. The van der Waals surface area contributed by atoms with Gasteiger partial charge in [0.15, 0.2) is 15.7 Å². The van der Waals surface area contributed by atoms with Crippen LogP contribution in [0.1, 0.15) is 12.7 Å². The van der Waals surface area contributed by atoms with E-state index in [-0.39, 0.29) is 10.7 Å². The Bertz CT molecular complexity index is 1000. The van der Waals surface area contributed by atoms with Crippen molar-refractivity contribution in [2.24, 2.45) is 0 Å². The lowest BCUT2D eigenvalue weighted by molar-refractivity contribution is -0.113. The van der Waals surface area contributed by atoms with Crippen LogP contribution in [0, 0.1) is 6.92 Å². The zero-order valence-corrected chi connectivity index (χ0v) is 14.1. The average molecular weight is 347 g/mol. The van der Waals surface area contributed by atoms with Gasteiger partial charge in [0.25, 0.3) is 0 Å². The van der Waals surface area contributed by atoms with Crippen molar-refractivity contribution in [3.05, 3.63) is 42.3 Å². The Kier molecular flexibility index (Phi) is 4.15. The second-order valence-corrected chi connectivity index (χ2v) is 7.38. The number of anilines is 1. The molecule has 0 unspecified atom stereocenters. The van der Waals surface area contributed by atoms with Crippen LogP contribution in [-0.4, -0.2) is 29.8 Å². The molecule has 0 fully saturated rings. The summed E-state index contributed by atoms with van der Waals surface area (Å²) in [6.07, 6.45) is 1.58. The molecule has 2 heterocycles. The van der Waals surface area contributed by atoms with E-state index in [4.69, 9.17) is 4.52 Å². The Morgan fingerprint density at radius 1 is 1.33 bits per heavy atom. The number of aryl methyl sites for hydroxylation is 2. The summed E-state index contributed by atoms with van der Waals surface area (Å²) in [5.41, 5.74) is 0.825. The topological polar surface area (TPSA) is 94.2 Å². The van der Waals surface area contributed by atoms with Gasteiger partial charge in [0, 0.05) is 29.7 Å². The molecule has 2 aromatic heterocycles. The number of rotatable bonds is 5. The summed E-state index contributed by atoms with van der Waals surface area (Å²) >= 11 is 0. The molecule has 24 heavy (non-hydrogen) atoms. The first kappa shape index (κ1) is 16.3. The van der Waals surface area contributed by atoms with Crippen LogP contribution in [0.3, 0.4) is 0 Å². The van der Waals surface area contributed by atoms with E-state index in [9.17, 15) is 13.2 Å². The Morgan fingerprint density at radius 2 is 2.08 bits per heavy atom. The molecule has 0 aliphatic heterocycles. The highest BCUT2D eigenvalue weighted by Gasteiger charge is 2.24. The molecule has 8 heteroatoms. The molecule has 0 aliphatic rings. The van der Waals surface area contributed by atoms with Crippen molar-refractivity contribution in [3.63, 3.8) is 0 Å². The number of fused-ring (bicyclic) bond motifs is 1. The van der Waals surface area contributed by atoms with E-state index in [0.717, 1.165) is 5.52 Å². The molecule has 3 aromatic rings. The molecule has 0 aliphatic carbocycles. The van der Waals surface area contributed by atoms with Crippen molar-refractivity contribution in [1.82, 2.24) is 9.72 Å². The summed E-state index contributed by atoms with van der Waals surface area (Å²) in [7, 11) is -3.78.